The second-order valence-corrected chi connectivity index (χ2v) is 19.3. The molecule has 66 heavy (non-hydrogen) atoms. The minimum absolute atomic E-state index is 0.0132. The number of hydrogen-bond donors (Lipinski definition) is 1. The van der Waals surface area contributed by atoms with Gasteiger partial charge in [-0.1, -0.05) is 156 Å². The molecule has 14 heteroatoms. The van der Waals surface area contributed by atoms with E-state index in [-0.39, 0.29) is 12.8 Å². The van der Waals surface area contributed by atoms with Crippen LogP contribution in [0.3, 0.4) is 0 Å². The van der Waals surface area contributed by atoms with Crippen molar-refractivity contribution in [2.75, 3.05) is 27.2 Å². The molecule has 1 N–H and O–H groups in total. The van der Waals surface area contributed by atoms with Crippen LogP contribution in [0.5, 0.6) is 0 Å². The molecular formula is C52H66ClF3N4O6. The van der Waals surface area contributed by atoms with Gasteiger partial charge in [0.15, 0.2) is 5.60 Å². The van der Waals surface area contributed by atoms with Crippen LogP contribution < -0.4 is 5.32 Å². The van der Waals surface area contributed by atoms with E-state index in [4.69, 9.17) is 16.3 Å². The number of rotatable bonds is 14. The molecule has 3 aromatic carbocycles. The van der Waals surface area contributed by atoms with E-state index in [0.29, 0.717) is 58.5 Å². The number of likely N-dealkylation sites (tertiary alicyclic amines) is 1. The lowest BCUT2D eigenvalue weighted by molar-refractivity contribution is -0.192. The Morgan fingerprint density at radius 1 is 0.758 bits per heavy atom. The third-order valence-corrected chi connectivity index (χ3v) is 14.5. The number of likely N-dealkylation sites (N-methyl/N-ethyl adjacent to an activating group) is 2. The van der Waals surface area contributed by atoms with Gasteiger partial charge in [0.1, 0.15) is 17.6 Å². The summed E-state index contributed by atoms with van der Waals surface area (Å²) in [5.41, 5.74) is -0.460. The fourth-order valence-electron chi connectivity index (χ4n) is 10.6. The highest BCUT2D eigenvalue weighted by Gasteiger charge is 2.55. The lowest BCUT2D eigenvalue weighted by Gasteiger charge is -2.42. The molecule has 3 fully saturated rings. The molecule has 0 bridgehead atoms. The van der Waals surface area contributed by atoms with E-state index in [1.165, 1.54) is 44.7 Å². The van der Waals surface area contributed by atoms with Crippen LogP contribution >= 0.6 is 11.6 Å². The maximum absolute atomic E-state index is 14.8. The van der Waals surface area contributed by atoms with Crippen molar-refractivity contribution in [2.45, 2.75) is 152 Å². The normalized spacial score (nSPS) is 19.0. The predicted octanol–water partition coefficient (Wildman–Crippen LogP) is 10.1. The number of ether oxygens (including phenoxy) is 1. The minimum atomic E-state index is -5.21. The quantitative estimate of drug-likeness (QED) is 0.127. The van der Waals surface area contributed by atoms with Crippen LogP contribution in [0.4, 0.5) is 13.2 Å². The third kappa shape index (κ3) is 11.3. The number of benzene rings is 3. The van der Waals surface area contributed by atoms with Crippen molar-refractivity contribution in [1.29, 1.82) is 0 Å². The number of nitrogens with one attached hydrogen (secondary N) is 1. The highest BCUT2D eigenvalue weighted by atomic mass is 35.5. The summed E-state index contributed by atoms with van der Waals surface area (Å²) < 4.78 is 48.0. The lowest BCUT2D eigenvalue weighted by atomic mass is 9.78. The van der Waals surface area contributed by atoms with Crippen molar-refractivity contribution in [3.8, 4) is 0 Å². The van der Waals surface area contributed by atoms with Gasteiger partial charge in [0, 0.05) is 48.9 Å². The zero-order chi connectivity index (χ0) is 47.6. The first-order valence-corrected chi connectivity index (χ1v) is 24.2. The van der Waals surface area contributed by atoms with Gasteiger partial charge in [-0.3, -0.25) is 24.0 Å². The van der Waals surface area contributed by atoms with E-state index < -0.39 is 71.3 Å². The molecule has 358 valence electrons. The summed E-state index contributed by atoms with van der Waals surface area (Å²) in [6, 6.07) is 21.9. The maximum atomic E-state index is 14.8. The van der Waals surface area contributed by atoms with Crippen LogP contribution in [0, 0.1) is 5.92 Å². The van der Waals surface area contributed by atoms with Gasteiger partial charge < -0.3 is 24.8 Å². The SMILES string of the molecule is CC(C)[C@@H](C(=O)N[C@@H](CC(=O)OC(c1ccccc1)(c1ccc(C2CCCCCCCCC2)cc1)c1ccccc1Cl)C(=O)N1CCCC1)N(C)C(=O)C1(N(C)C(=O)C(F)(F)F)CCCC1. The summed E-state index contributed by atoms with van der Waals surface area (Å²) in [5.74, 6) is -5.25. The van der Waals surface area contributed by atoms with E-state index in [1.54, 1.807) is 30.9 Å². The fraction of sp³-hybridized carbons (Fsp3) is 0.558. The molecule has 3 aromatic rings. The van der Waals surface area contributed by atoms with Gasteiger partial charge in [-0.2, -0.15) is 13.2 Å². The van der Waals surface area contributed by atoms with E-state index in [9.17, 15) is 37.1 Å². The van der Waals surface area contributed by atoms with Crippen LogP contribution in [0.1, 0.15) is 145 Å². The molecule has 2 aliphatic carbocycles. The Morgan fingerprint density at radius 2 is 1.30 bits per heavy atom. The Hall–Kier alpha value is -4.91. The molecule has 1 heterocycles. The van der Waals surface area contributed by atoms with Crippen molar-refractivity contribution in [3.63, 3.8) is 0 Å². The molecule has 1 aliphatic heterocycles. The molecule has 0 spiro atoms. The smallest absolute Gasteiger partial charge is 0.444 e. The van der Waals surface area contributed by atoms with Crippen molar-refractivity contribution < 1.29 is 41.9 Å². The number of alkyl halides is 3. The van der Waals surface area contributed by atoms with Crippen LogP contribution in [0.2, 0.25) is 5.02 Å². The van der Waals surface area contributed by atoms with Gasteiger partial charge in [-0.15, -0.1) is 0 Å². The molecule has 6 rings (SSSR count). The number of amides is 4. The van der Waals surface area contributed by atoms with Gasteiger partial charge in [0.05, 0.1) is 6.42 Å². The first-order valence-electron chi connectivity index (χ1n) is 23.9. The molecule has 3 atom stereocenters. The second-order valence-electron chi connectivity index (χ2n) is 18.9. The van der Waals surface area contributed by atoms with Crippen LogP contribution in [-0.2, 0) is 34.3 Å². The average Bonchev–Trinajstić information content (AvgIpc) is 4.04. The van der Waals surface area contributed by atoms with E-state index in [1.807, 2.05) is 54.6 Å². The topological polar surface area (TPSA) is 116 Å². The number of halogens is 4. The maximum Gasteiger partial charge on any atom is 0.471 e. The van der Waals surface area contributed by atoms with Crippen molar-refractivity contribution in [3.05, 3.63) is 106 Å². The van der Waals surface area contributed by atoms with Gasteiger partial charge >= 0.3 is 18.1 Å². The predicted molar refractivity (Wildman–Crippen MR) is 248 cm³/mol. The van der Waals surface area contributed by atoms with Crippen LogP contribution in [0.25, 0.3) is 0 Å². The van der Waals surface area contributed by atoms with E-state index >= 15 is 0 Å². The highest BCUT2D eigenvalue weighted by molar-refractivity contribution is 6.31. The molecular weight excluding hydrogens is 869 g/mol. The molecule has 1 unspecified atom stereocenters. The van der Waals surface area contributed by atoms with Crippen molar-refractivity contribution in [1.82, 2.24) is 20.0 Å². The Morgan fingerprint density at radius 3 is 1.86 bits per heavy atom. The lowest BCUT2D eigenvalue weighted by Crippen LogP contribution is -2.64. The number of nitrogens with zero attached hydrogens (tertiary/aromatic N) is 3. The summed E-state index contributed by atoms with van der Waals surface area (Å²) >= 11 is 7.04. The summed E-state index contributed by atoms with van der Waals surface area (Å²) in [6.45, 7) is 4.17. The second kappa shape index (κ2) is 22.3. The molecule has 0 radical (unpaired) electrons. The standard InChI is InChI=1S/C52H66ClF3N4O6/c1-36(2)45(58(3)48(64)50(31-17-18-32-50)59(4)49(65)52(54,55)56)46(62)57-43(47(63)60-33-19-20-34-60)35-44(61)66-51(39-23-13-10-14-24-39,41-25-15-16-26-42(41)53)40-29-27-38(28-30-40)37-21-11-8-6-5-7-9-12-22-37/h10,13-16,23-30,36-37,43,45H,5-9,11-12,17-22,31-35H2,1-4H3,(H,57,62)/t43-,45-,51?/m0/s1. The third-order valence-electron chi connectivity index (χ3n) is 14.2. The zero-order valence-corrected chi connectivity index (χ0v) is 39.6. The summed E-state index contributed by atoms with van der Waals surface area (Å²) in [7, 11) is 2.30. The molecule has 3 aliphatic rings. The molecule has 10 nitrogen and oxygen atoms in total. The number of carbonyl (C=O) groups excluding carboxylic acids is 5. The highest BCUT2D eigenvalue weighted by Crippen LogP contribution is 2.45. The fourth-order valence-corrected chi connectivity index (χ4v) is 10.9. The summed E-state index contributed by atoms with van der Waals surface area (Å²) in [5, 5.41) is 3.13. The first-order chi connectivity index (χ1) is 31.5. The minimum Gasteiger partial charge on any atom is -0.444 e. The van der Waals surface area contributed by atoms with Gasteiger partial charge in [0.2, 0.25) is 17.7 Å². The largest absolute Gasteiger partial charge is 0.471 e. The van der Waals surface area contributed by atoms with Crippen molar-refractivity contribution in [2.24, 2.45) is 5.92 Å². The number of carbonyl (C=O) groups is 5. The molecule has 2 saturated carbocycles. The monoisotopic (exact) mass is 934 g/mol. The first kappa shape index (κ1) is 50.5. The van der Waals surface area contributed by atoms with Gasteiger partial charge in [-0.05, 0) is 62.0 Å². The Labute approximate surface area is 392 Å². The van der Waals surface area contributed by atoms with Crippen molar-refractivity contribution >= 4 is 41.2 Å². The number of hydrogen-bond acceptors (Lipinski definition) is 6. The molecule has 1 saturated heterocycles. The summed E-state index contributed by atoms with van der Waals surface area (Å²) in [6.07, 6.45) is 7.21. The Kier molecular flexibility index (Phi) is 17.0. The van der Waals surface area contributed by atoms with Crippen LogP contribution in [0.15, 0.2) is 78.9 Å². The van der Waals surface area contributed by atoms with Gasteiger partial charge in [0.25, 0.3) is 0 Å². The number of esters is 1. The van der Waals surface area contributed by atoms with Crippen LogP contribution in [-0.4, -0.2) is 95.3 Å². The van der Waals surface area contributed by atoms with E-state index in [2.05, 4.69) is 17.4 Å². The molecule has 4 amide bonds. The zero-order valence-electron chi connectivity index (χ0n) is 38.8. The average molecular weight is 936 g/mol. The van der Waals surface area contributed by atoms with Gasteiger partial charge in [-0.25, -0.2) is 0 Å². The Balaban J connectivity index is 1.34. The molecule has 0 aromatic heterocycles. The summed E-state index contributed by atoms with van der Waals surface area (Å²) in [4.78, 5) is 73.8. The Bertz CT molecular complexity index is 2130. The van der Waals surface area contributed by atoms with E-state index in [0.717, 1.165) is 50.5 Å².